The minimum atomic E-state index is -0.456. The minimum absolute atomic E-state index is 0.140. The van der Waals surface area contributed by atoms with Crippen LogP contribution < -0.4 is 10.2 Å². The van der Waals surface area contributed by atoms with E-state index in [1.807, 2.05) is 56.4 Å². The molecule has 1 aliphatic heterocycles. The molecule has 2 aromatic carbocycles. The number of aryl methyl sites for hydroxylation is 2. The summed E-state index contributed by atoms with van der Waals surface area (Å²) in [5.74, 6) is -0.300. The number of amides is 2. The summed E-state index contributed by atoms with van der Waals surface area (Å²) >= 11 is 0. The highest BCUT2D eigenvalue weighted by molar-refractivity contribution is 6.22. The van der Waals surface area contributed by atoms with Crippen LogP contribution in [0.2, 0.25) is 0 Å². The first kappa shape index (κ1) is 17.5. The molecular formula is C22H23N3O2. The first-order valence-electron chi connectivity index (χ1n) is 9.27. The number of H-pyrrole nitrogens is 1. The molecule has 2 amide bonds. The Morgan fingerprint density at radius 1 is 1.15 bits per heavy atom. The maximum atomic E-state index is 12.8. The number of hydrogen-bond acceptors (Lipinski definition) is 3. The van der Waals surface area contributed by atoms with Gasteiger partial charge in [0.15, 0.2) is 0 Å². The molecule has 1 aromatic heterocycles. The van der Waals surface area contributed by atoms with E-state index in [9.17, 15) is 9.59 Å². The number of imide groups is 1. The van der Waals surface area contributed by atoms with Crippen LogP contribution >= 0.6 is 0 Å². The third-order valence-electron chi connectivity index (χ3n) is 5.21. The normalized spacial score (nSPS) is 17.3. The molecule has 0 saturated carbocycles. The molecule has 0 radical (unpaired) electrons. The van der Waals surface area contributed by atoms with E-state index in [0.29, 0.717) is 12.2 Å². The highest BCUT2D eigenvalue weighted by Crippen LogP contribution is 2.27. The Morgan fingerprint density at radius 3 is 2.81 bits per heavy atom. The van der Waals surface area contributed by atoms with Crippen molar-refractivity contribution < 1.29 is 9.59 Å². The van der Waals surface area contributed by atoms with Gasteiger partial charge in [0.25, 0.3) is 5.91 Å². The summed E-state index contributed by atoms with van der Waals surface area (Å²) in [5, 5.41) is 4.47. The molecule has 138 valence electrons. The van der Waals surface area contributed by atoms with Crippen molar-refractivity contribution in [3.8, 4) is 0 Å². The molecule has 0 bridgehead atoms. The number of rotatable bonds is 5. The van der Waals surface area contributed by atoms with Crippen LogP contribution in [0.15, 0.2) is 48.7 Å². The lowest BCUT2D eigenvalue weighted by Gasteiger charge is -2.18. The Hall–Kier alpha value is -2.92. The van der Waals surface area contributed by atoms with Crippen molar-refractivity contribution in [1.82, 2.24) is 10.3 Å². The third-order valence-corrected chi connectivity index (χ3v) is 5.21. The molecular weight excluding hydrogens is 338 g/mol. The first-order valence-corrected chi connectivity index (χ1v) is 9.27. The topological polar surface area (TPSA) is 65.2 Å². The molecule has 5 nitrogen and oxygen atoms in total. The van der Waals surface area contributed by atoms with Gasteiger partial charge in [-0.25, -0.2) is 4.90 Å². The number of nitrogens with zero attached hydrogens (tertiary/aromatic N) is 1. The van der Waals surface area contributed by atoms with E-state index in [0.717, 1.165) is 23.1 Å². The summed E-state index contributed by atoms with van der Waals surface area (Å²) in [6, 6.07) is 13.5. The zero-order valence-corrected chi connectivity index (χ0v) is 15.6. The Labute approximate surface area is 158 Å². The van der Waals surface area contributed by atoms with Gasteiger partial charge in [0.05, 0.1) is 18.2 Å². The van der Waals surface area contributed by atoms with Gasteiger partial charge in [-0.05, 0) is 49.1 Å². The van der Waals surface area contributed by atoms with Crippen molar-refractivity contribution in [2.75, 3.05) is 11.4 Å². The second-order valence-corrected chi connectivity index (χ2v) is 7.18. The number of para-hydroxylation sites is 1. The number of nitrogens with one attached hydrogen (secondary N) is 2. The maximum Gasteiger partial charge on any atom is 0.251 e. The van der Waals surface area contributed by atoms with Crippen molar-refractivity contribution in [2.24, 2.45) is 0 Å². The second-order valence-electron chi connectivity index (χ2n) is 7.18. The molecule has 0 spiro atoms. The molecule has 0 aliphatic carbocycles. The summed E-state index contributed by atoms with van der Waals surface area (Å²) in [4.78, 5) is 29.9. The molecule has 1 aliphatic rings. The van der Waals surface area contributed by atoms with Crippen LogP contribution in [0.1, 0.15) is 23.1 Å². The lowest BCUT2D eigenvalue weighted by Crippen LogP contribution is -2.39. The molecule has 4 rings (SSSR count). The Morgan fingerprint density at radius 2 is 1.96 bits per heavy atom. The minimum Gasteiger partial charge on any atom is -0.361 e. The van der Waals surface area contributed by atoms with E-state index in [1.54, 1.807) is 0 Å². The molecule has 1 fully saturated rings. The second kappa shape index (κ2) is 7.00. The van der Waals surface area contributed by atoms with Gasteiger partial charge >= 0.3 is 0 Å². The van der Waals surface area contributed by atoms with E-state index >= 15 is 0 Å². The zero-order chi connectivity index (χ0) is 19.0. The average Bonchev–Trinajstić information content (AvgIpc) is 3.19. The van der Waals surface area contributed by atoms with E-state index < -0.39 is 6.04 Å². The number of aromatic nitrogens is 1. The van der Waals surface area contributed by atoms with Crippen LogP contribution in [0.3, 0.4) is 0 Å². The van der Waals surface area contributed by atoms with E-state index in [-0.39, 0.29) is 18.2 Å². The van der Waals surface area contributed by atoms with Crippen molar-refractivity contribution >= 4 is 28.4 Å². The standard InChI is InChI=1S/C22H23N3O2/c1-14-7-8-15(2)20(11-14)25-21(26)12-19(22(25)27)23-10-9-16-13-24-18-6-4-3-5-17(16)18/h3-8,11,13,19,23-24H,9-10,12H2,1-2H3/t19-/m1/s1. The summed E-state index contributed by atoms with van der Waals surface area (Å²) in [6.07, 6.45) is 3.02. The average molecular weight is 361 g/mol. The molecule has 3 aromatic rings. The van der Waals surface area contributed by atoms with E-state index in [1.165, 1.54) is 15.8 Å². The monoisotopic (exact) mass is 361 g/mol. The third kappa shape index (κ3) is 3.26. The number of hydrogen-bond donors (Lipinski definition) is 2. The SMILES string of the molecule is Cc1ccc(C)c(N2C(=O)C[C@@H](NCCc3c[nH]c4ccccc34)C2=O)c1. The van der Waals surface area contributed by atoms with Gasteiger partial charge in [0, 0.05) is 23.6 Å². The van der Waals surface area contributed by atoms with Crippen LogP contribution in [-0.4, -0.2) is 29.4 Å². The number of carbonyl (C=O) groups excluding carboxylic acids is 2. The van der Waals surface area contributed by atoms with Gasteiger partial charge < -0.3 is 10.3 Å². The largest absolute Gasteiger partial charge is 0.361 e. The molecule has 0 unspecified atom stereocenters. The van der Waals surface area contributed by atoms with Crippen molar-refractivity contribution in [3.05, 3.63) is 65.4 Å². The van der Waals surface area contributed by atoms with Crippen LogP contribution in [0.25, 0.3) is 10.9 Å². The molecule has 27 heavy (non-hydrogen) atoms. The smallest absolute Gasteiger partial charge is 0.251 e. The molecule has 1 saturated heterocycles. The highest BCUT2D eigenvalue weighted by atomic mass is 16.2. The summed E-state index contributed by atoms with van der Waals surface area (Å²) in [6.45, 7) is 4.53. The Kier molecular flexibility index (Phi) is 4.54. The number of carbonyl (C=O) groups is 2. The van der Waals surface area contributed by atoms with E-state index in [2.05, 4.69) is 16.4 Å². The quantitative estimate of drug-likeness (QED) is 0.686. The van der Waals surface area contributed by atoms with Gasteiger partial charge in [-0.15, -0.1) is 0 Å². The lowest BCUT2D eigenvalue weighted by molar-refractivity contribution is -0.121. The summed E-state index contributed by atoms with van der Waals surface area (Å²) in [5.41, 5.74) is 4.99. The highest BCUT2D eigenvalue weighted by Gasteiger charge is 2.39. The number of fused-ring (bicyclic) bond motifs is 1. The van der Waals surface area contributed by atoms with Crippen LogP contribution in [-0.2, 0) is 16.0 Å². The van der Waals surface area contributed by atoms with Gasteiger partial charge in [-0.1, -0.05) is 30.3 Å². The van der Waals surface area contributed by atoms with Crippen LogP contribution in [0.4, 0.5) is 5.69 Å². The number of benzene rings is 2. The van der Waals surface area contributed by atoms with Gasteiger partial charge in [-0.3, -0.25) is 9.59 Å². The molecule has 2 N–H and O–H groups in total. The van der Waals surface area contributed by atoms with Crippen LogP contribution in [0, 0.1) is 13.8 Å². The van der Waals surface area contributed by atoms with Crippen molar-refractivity contribution in [3.63, 3.8) is 0 Å². The maximum absolute atomic E-state index is 12.8. The number of anilines is 1. The van der Waals surface area contributed by atoms with Gasteiger partial charge in [0.1, 0.15) is 0 Å². The predicted octanol–water partition coefficient (Wildman–Crippen LogP) is 3.25. The Balaban J connectivity index is 1.44. The predicted molar refractivity (Wildman–Crippen MR) is 107 cm³/mol. The van der Waals surface area contributed by atoms with Gasteiger partial charge in [-0.2, -0.15) is 0 Å². The number of aromatic amines is 1. The summed E-state index contributed by atoms with van der Waals surface area (Å²) < 4.78 is 0. The fourth-order valence-corrected chi connectivity index (χ4v) is 3.72. The fraction of sp³-hybridized carbons (Fsp3) is 0.273. The Bertz CT molecular complexity index is 1020. The molecule has 1 atom stereocenters. The molecule has 5 heteroatoms. The zero-order valence-electron chi connectivity index (χ0n) is 15.6. The molecule has 2 heterocycles. The van der Waals surface area contributed by atoms with Crippen molar-refractivity contribution in [1.29, 1.82) is 0 Å². The van der Waals surface area contributed by atoms with Gasteiger partial charge in [0.2, 0.25) is 5.91 Å². The van der Waals surface area contributed by atoms with Crippen molar-refractivity contribution in [2.45, 2.75) is 32.7 Å². The summed E-state index contributed by atoms with van der Waals surface area (Å²) in [7, 11) is 0. The fourth-order valence-electron chi connectivity index (χ4n) is 3.72. The van der Waals surface area contributed by atoms with E-state index in [4.69, 9.17) is 0 Å². The van der Waals surface area contributed by atoms with Crippen LogP contribution in [0.5, 0.6) is 0 Å². The first-order chi connectivity index (χ1) is 13.0. The lowest BCUT2D eigenvalue weighted by atomic mass is 10.1.